The maximum absolute atomic E-state index is 13.8. The number of piperazine rings is 1. The van der Waals surface area contributed by atoms with E-state index in [-0.39, 0.29) is 123 Å². The molecule has 1 atom stereocenters. The molecule has 12 rings (SSSR count). The molecule has 0 unspecified atom stereocenters. The molecule has 39 nitrogen and oxygen atoms in total. The lowest BCUT2D eigenvalue weighted by Gasteiger charge is -2.38. The van der Waals surface area contributed by atoms with Crippen molar-refractivity contribution in [3.63, 3.8) is 0 Å². The number of aliphatic imine (C=N–C) groups is 1. The van der Waals surface area contributed by atoms with Gasteiger partial charge in [-0.2, -0.15) is 0 Å². The Kier molecular flexibility index (Phi) is 32.8. The third-order valence-corrected chi connectivity index (χ3v) is 22.1. The highest BCUT2D eigenvalue weighted by molar-refractivity contribution is 6.30. The molecule has 9 amide bonds. The average molecular weight is 1720 g/mol. The number of carbonyl (C=O) groups excluding carboxylic acids is 9. The van der Waals surface area contributed by atoms with Gasteiger partial charge >= 0.3 is 0 Å². The number of amides is 9. The molecule has 10 heterocycles. The maximum Gasteiger partial charge on any atom is 0.291 e. The fourth-order valence-corrected chi connectivity index (χ4v) is 15.3. The maximum atomic E-state index is 13.8. The second-order valence-electron chi connectivity index (χ2n) is 30.9. The van der Waals surface area contributed by atoms with Gasteiger partial charge in [-0.15, -0.1) is 10.2 Å². The lowest BCUT2D eigenvalue weighted by Crippen LogP contribution is -2.49. The van der Waals surface area contributed by atoms with Gasteiger partial charge in [0.05, 0.1) is 89.2 Å². The number of imidazole rings is 3. The highest BCUT2D eigenvalue weighted by Gasteiger charge is 2.33. The van der Waals surface area contributed by atoms with Gasteiger partial charge in [-0.25, -0.2) is 15.0 Å². The van der Waals surface area contributed by atoms with Crippen LogP contribution in [0.25, 0.3) is 5.69 Å². The third-order valence-electron chi connectivity index (χ3n) is 21.9. The van der Waals surface area contributed by atoms with E-state index in [9.17, 15) is 43.2 Å². The summed E-state index contributed by atoms with van der Waals surface area (Å²) < 4.78 is 38.4. The Morgan fingerprint density at radius 2 is 1.00 bits per heavy atom. The summed E-state index contributed by atoms with van der Waals surface area (Å²) in [6.45, 7) is 18.3. The number of carbonyl (C=O) groups is 9. The van der Waals surface area contributed by atoms with Crippen LogP contribution in [-0.2, 0) is 73.4 Å². The lowest BCUT2D eigenvalue weighted by molar-refractivity contribution is -0.123. The summed E-state index contributed by atoms with van der Waals surface area (Å²) in [7, 11) is 9.72. The van der Waals surface area contributed by atoms with Crippen LogP contribution in [0.1, 0.15) is 133 Å². The summed E-state index contributed by atoms with van der Waals surface area (Å²) in [5.41, 5.74) is 4.41. The predicted octanol–water partition coefficient (Wildman–Crippen LogP) is 3.33. The van der Waals surface area contributed by atoms with Crippen LogP contribution in [0.15, 0.2) is 96.8 Å². The number of halogens is 1. The summed E-state index contributed by atoms with van der Waals surface area (Å²) in [5, 5.41) is 34.4. The zero-order valence-corrected chi connectivity index (χ0v) is 71.5. The van der Waals surface area contributed by atoms with Crippen LogP contribution in [0.3, 0.4) is 0 Å². The molecule has 3 fully saturated rings. The molecule has 4 aliphatic heterocycles. The number of nitrogens with zero attached hydrogens (tertiary/aromatic N) is 16. The van der Waals surface area contributed by atoms with E-state index in [0.29, 0.717) is 73.7 Å². The predicted molar refractivity (Wildman–Crippen MR) is 457 cm³/mol. The molecule has 4 aliphatic rings. The lowest BCUT2D eigenvalue weighted by atomic mass is 9.96. The number of aromatic nitrogens is 11. The third kappa shape index (κ3) is 26.0. The van der Waals surface area contributed by atoms with Crippen molar-refractivity contribution in [1.29, 1.82) is 0 Å². The van der Waals surface area contributed by atoms with E-state index in [1.165, 1.54) is 68.0 Å². The van der Waals surface area contributed by atoms with Crippen molar-refractivity contribution in [2.24, 2.45) is 46.1 Å². The normalized spacial score (nSPS) is 15.4. The van der Waals surface area contributed by atoms with Gasteiger partial charge < -0.3 is 109 Å². The van der Waals surface area contributed by atoms with Gasteiger partial charge in [0, 0.05) is 205 Å². The number of rotatable bonds is 43. The summed E-state index contributed by atoms with van der Waals surface area (Å²) in [6.07, 6.45) is 13.2. The molecule has 0 radical (unpaired) electrons. The molecule has 2 aromatic carbocycles. The zero-order chi connectivity index (χ0) is 86.9. The molecule has 40 heteroatoms. The van der Waals surface area contributed by atoms with Crippen molar-refractivity contribution in [2.75, 3.05) is 186 Å². The Balaban J connectivity index is 0.425. The van der Waals surface area contributed by atoms with E-state index in [1.54, 1.807) is 59.3 Å². The molecule has 8 aromatic rings. The molecule has 9 N–H and O–H groups in total. The summed E-state index contributed by atoms with van der Waals surface area (Å²) in [6, 6.07) is 15.9. The Hall–Kier alpha value is -11.6. The van der Waals surface area contributed by atoms with Crippen molar-refractivity contribution in [3.05, 3.63) is 148 Å². The molecule has 6 aromatic heterocycles. The molecule has 0 saturated carbocycles. The molecule has 660 valence electrons. The summed E-state index contributed by atoms with van der Waals surface area (Å²) >= 11 is 6.29. The Morgan fingerprint density at radius 1 is 0.488 bits per heavy atom. The Morgan fingerprint density at radius 3 is 1.57 bits per heavy atom. The number of hydrogen-bond acceptors (Lipinski definition) is 24. The molecular formula is C83H112ClN25O14. The number of nitrogens with one attached hydrogen (secondary N) is 9. The van der Waals surface area contributed by atoms with Gasteiger partial charge in [-0.05, 0) is 94.1 Å². The number of anilines is 4. The van der Waals surface area contributed by atoms with E-state index < -0.39 is 47.4 Å². The summed E-state index contributed by atoms with van der Waals surface area (Å²) in [5.74, 6) is -0.863. The molecule has 3 saturated heterocycles. The van der Waals surface area contributed by atoms with Crippen LogP contribution in [0.5, 0.6) is 5.75 Å². The highest BCUT2D eigenvalue weighted by Crippen LogP contribution is 2.35. The number of hydrogen-bond donors (Lipinski definition) is 9. The minimum Gasteiger partial charge on any atom is -0.497 e. The number of benzene rings is 2. The van der Waals surface area contributed by atoms with Gasteiger partial charge in [0.15, 0.2) is 23.3 Å². The number of likely N-dealkylation sites (tertiary alicyclic amines) is 2. The number of fused-ring (bicyclic) bond motifs is 3. The van der Waals surface area contributed by atoms with Crippen LogP contribution in [-0.4, -0.2) is 302 Å². The van der Waals surface area contributed by atoms with E-state index in [2.05, 4.69) is 92.6 Å². The minimum absolute atomic E-state index is 0.00177. The topological polar surface area (TPSA) is 427 Å². The van der Waals surface area contributed by atoms with E-state index in [4.69, 9.17) is 40.3 Å². The van der Waals surface area contributed by atoms with Crippen molar-refractivity contribution < 1.29 is 66.8 Å². The van der Waals surface area contributed by atoms with Crippen molar-refractivity contribution in [2.45, 2.75) is 70.4 Å². The molecule has 0 spiro atoms. The largest absolute Gasteiger partial charge is 0.497 e. The number of ether oxygens (including phenoxy) is 5. The van der Waals surface area contributed by atoms with E-state index in [1.807, 2.05) is 54.0 Å². The smallest absolute Gasteiger partial charge is 0.291 e. The Labute approximate surface area is 718 Å². The number of aryl methyl sites for hydroxylation is 6. The first-order valence-corrected chi connectivity index (χ1v) is 42.0. The average Bonchev–Trinajstić information content (AvgIpc) is 1.61. The van der Waals surface area contributed by atoms with Gasteiger partial charge in [0.25, 0.3) is 29.5 Å². The van der Waals surface area contributed by atoms with Crippen LogP contribution in [0.4, 0.5) is 23.0 Å². The van der Waals surface area contributed by atoms with Gasteiger partial charge in [0.1, 0.15) is 29.0 Å². The van der Waals surface area contributed by atoms with E-state index >= 15 is 0 Å². The fourth-order valence-electron chi connectivity index (χ4n) is 15.2. The van der Waals surface area contributed by atoms with Crippen molar-refractivity contribution in [3.8, 4) is 11.4 Å². The minimum atomic E-state index is -0.634. The van der Waals surface area contributed by atoms with Crippen LogP contribution < -0.4 is 52.6 Å². The first-order valence-electron chi connectivity index (χ1n) is 41.6. The Bertz CT molecular complexity index is 4980. The first kappa shape index (κ1) is 90.7. The van der Waals surface area contributed by atoms with Crippen LogP contribution >= 0.6 is 11.6 Å². The van der Waals surface area contributed by atoms with Crippen molar-refractivity contribution >= 4 is 93.5 Å². The number of methoxy groups -OCH3 is 1. The molecule has 123 heavy (non-hydrogen) atoms. The quantitative estimate of drug-likeness (QED) is 0.0247. The van der Waals surface area contributed by atoms with Gasteiger partial charge in [0.2, 0.25) is 35.3 Å². The van der Waals surface area contributed by atoms with E-state index in [0.717, 1.165) is 121 Å². The monoisotopic (exact) mass is 1720 g/mol. The SMILES string of the molecule is COc1ccc2c(c1)C(c1ccc(Cl)cc1)=N[C@@H](CC(=O)NC1CCN(CCOCCN3CCC(CN4CCN(CCOCCOCCOCCNC(=O)CCNC(=O)c5nc(NC(=O)CCNC(=O)c6cc(NC(=O)c7nc(NC(=O)CCNC(=O)c8cc(NC(=O)c9nccn9C)cn8C)cn7C)cn6C)cn5C)CC4)CC3)CC1)c1nnc(C)n1-2. The fraction of sp³-hybridized carbons (Fsp3) is 0.506. The van der Waals surface area contributed by atoms with Crippen molar-refractivity contribution in [1.82, 2.24) is 98.7 Å². The second-order valence-corrected chi connectivity index (χ2v) is 31.3. The summed E-state index contributed by atoms with van der Waals surface area (Å²) in [4.78, 5) is 145. The second kappa shape index (κ2) is 44.5. The highest BCUT2D eigenvalue weighted by atomic mass is 35.5. The van der Waals surface area contributed by atoms with Gasteiger partial charge in [-0.1, -0.05) is 23.7 Å². The molecule has 0 aliphatic carbocycles. The number of piperidine rings is 2. The molecule has 0 bridgehead atoms. The van der Waals surface area contributed by atoms with Crippen LogP contribution in [0, 0.1) is 12.8 Å². The standard InChI is InChI=1S/C83H112ClN25O14/c1-55-98-99-75-64(93-74(57-8-10-58(84)11-9-57)63-48-62(119-7)12-13-65(63)109(55)75)49-73(113)90-59-19-28-106(29-20-59)36-40-121-39-35-105-26-17-56(18-27-105)50-108-33-31-107(32-34-108)37-41-122-43-45-123-44-42-120-38-25-85-70(110)14-21-89-81(116)77-96-68(53-103(77)5)94-71(111)15-22-88-80(115)67-47-61(52-102(67)4)92-83(118)78-97-69(54-104(78)6)95-72(112)16-23-87-79(114)66-46-60(51-101(66)3)91-82(117)76-86-24-30-100(76)2/h8-13,24,30,46-48,51-54,56,59,64H,14-23,25-29,31-45,49-50H2,1-7H3,(H,85,110)(H,87,114)(H,88,115)(H,89,116)(H,90,113)(H,91,117)(H,92,118)(H,94,111)(H,95,112)/t64-/m0/s1. The van der Waals surface area contributed by atoms with Gasteiger partial charge in [-0.3, -0.25) is 57.6 Å². The zero-order valence-electron chi connectivity index (χ0n) is 70.8. The molecular weight excluding hydrogens is 1610 g/mol. The first-order chi connectivity index (χ1) is 59.5. The van der Waals surface area contributed by atoms with Crippen LogP contribution in [0.2, 0.25) is 5.02 Å².